The lowest BCUT2D eigenvalue weighted by Gasteiger charge is -2.11. The van der Waals surface area contributed by atoms with E-state index in [2.05, 4.69) is 5.32 Å². The van der Waals surface area contributed by atoms with Crippen LogP contribution in [0.2, 0.25) is 0 Å². The highest BCUT2D eigenvalue weighted by atomic mass is 32.1. The molecule has 0 bridgehead atoms. The summed E-state index contributed by atoms with van der Waals surface area (Å²) >= 11 is 1.40. The Morgan fingerprint density at radius 2 is 1.56 bits per heavy atom. The van der Waals surface area contributed by atoms with Crippen molar-refractivity contribution in [2.45, 2.75) is 45.4 Å². The standard InChI is InChI=1S/C32H29N3O7S/c1-2-39-32(38)27-20-9-5-3-4-6-12-25(20)43-30(27)35-26(36)18-42-31(37)19-13-14-21-22(17-19)34-29(24-11-8-16-41-24)28(33-21)23-10-7-15-40-23/h7-8,10-11,13-17H,2-6,9,12,18H2,1H3,(H,35,36). The van der Waals surface area contributed by atoms with Crippen LogP contribution < -0.4 is 5.32 Å². The monoisotopic (exact) mass is 599 g/mol. The normalized spacial score (nSPS) is 13.1. The first-order chi connectivity index (χ1) is 21.0. The molecule has 1 N–H and O–H groups in total. The molecule has 1 amide bonds. The second kappa shape index (κ2) is 12.6. The van der Waals surface area contributed by atoms with Crippen molar-refractivity contribution in [3.63, 3.8) is 0 Å². The number of ether oxygens (including phenoxy) is 2. The predicted molar refractivity (Wildman–Crippen MR) is 160 cm³/mol. The van der Waals surface area contributed by atoms with Crippen LogP contribution in [0.1, 0.15) is 63.8 Å². The van der Waals surface area contributed by atoms with E-state index in [4.69, 9.17) is 28.3 Å². The van der Waals surface area contributed by atoms with E-state index in [0.717, 1.165) is 49.0 Å². The van der Waals surface area contributed by atoms with Crippen LogP contribution in [0.15, 0.2) is 63.8 Å². The van der Waals surface area contributed by atoms with Gasteiger partial charge in [-0.2, -0.15) is 0 Å². The lowest BCUT2D eigenvalue weighted by molar-refractivity contribution is -0.119. The molecule has 0 spiro atoms. The molecule has 1 aromatic carbocycles. The molecule has 0 radical (unpaired) electrons. The summed E-state index contributed by atoms with van der Waals surface area (Å²) in [6, 6.07) is 11.8. The number of fused-ring (bicyclic) bond motifs is 2. The van der Waals surface area contributed by atoms with Crippen LogP contribution in [0, 0.1) is 0 Å². The fourth-order valence-corrected chi connectivity index (χ4v) is 6.45. The second-order valence-corrected chi connectivity index (χ2v) is 11.2. The molecule has 11 heteroatoms. The third kappa shape index (κ3) is 6.07. The summed E-state index contributed by atoms with van der Waals surface area (Å²) in [7, 11) is 0. The summed E-state index contributed by atoms with van der Waals surface area (Å²) in [4.78, 5) is 49.2. The van der Waals surface area contributed by atoms with E-state index in [0.29, 0.717) is 44.5 Å². The number of nitrogens with one attached hydrogen (secondary N) is 1. The number of rotatable bonds is 8. The molecule has 43 heavy (non-hydrogen) atoms. The van der Waals surface area contributed by atoms with Crippen LogP contribution in [0.25, 0.3) is 33.9 Å². The third-order valence-corrected chi connectivity index (χ3v) is 8.35. The fourth-order valence-electron chi connectivity index (χ4n) is 5.16. The molecular weight excluding hydrogens is 570 g/mol. The van der Waals surface area contributed by atoms with Crippen molar-refractivity contribution >= 4 is 45.2 Å². The van der Waals surface area contributed by atoms with Crippen molar-refractivity contribution in [1.82, 2.24) is 9.97 Å². The molecule has 6 rings (SSSR count). The largest absolute Gasteiger partial charge is 0.463 e. The first-order valence-corrected chi connectivity index (χ1v) is 15.0. The molecule has 220 valence electrons. The summed E-state index contributed by atoms with van der Waals surface area (Å²) in [6.45, 7) is 1.46. The lowest BCUT2D eigenvalue weighted by atomic mass is 9.96. The minimum Gasteiger partial charge on any atom is -0.463 e. The van der Waals surface area contributed by atoms with Crippen molar-refractivity contribution in [3.05, 3.63) is 76.6 Å². The van der Waals surface area contributed by atoms with Gasteiger partial charge in [-0.25, -0.2) is 19.6 Å². The Kier molecular flexibility index (Phi) is 8.32. The fraction of sp³-hybridized carbons (Fsp3) is 0.281. The molecule has 4 aromatic heterocycles. The molecule has 0 saturated carbocycles. The Balaban J connectivity index is 1.19. The van der Waals surface area contributed by atoms with Gasteiger partial charge in [0.1, 0.15) is 16.4 Å². The number of anilines is 1. The maximum absolute atomic E-state index is 13.0. The molecule has 0 aliphatic heterocycles. The molecule has 5 aromatic rings. The molecule has 0 saturated heterocycles. The second-order valence-electron chi connectivity index (χ2n) is 10.0. The number of carbonyl (C=O) groups excluding carboxylic acids is 3. The summed E-state index contributed by atoms with van der Waals surface area (Å²) in [5, 5.41) is 3.22. The number of hydrogen-bond acceptors (Lipinski definition) is 10. The number of benzene rings is 1. The Labute approximate surface area is 251 Å². The van der Waals surface area contributed by atoms with Crippen LogP contribution in [-0.4, -0.2) is 41.0 Å². The minimum absolute atomic E-state index is 0.206. The van der Waals surface area contributed by atoms with Gasteiger partial charge in [-0.15, -0.1) is 11.3 Å². The number of furan rings is 2. The van der Waals surface area contributed by atoms with Crippen molar-refractivity contribution in [2.75, 3.05) is 18.5 Å². The topological polar surface area (TPSA) is 134 Å². The Morgan fingerprint density at radius 3 is 2.23 bits per heavy atom. The van der Waals surface area contributed by atoms with Crippen LogP contribution in [0.5, 0.6) is 0 Å². The van der Waals surface area contributed by atoms with Crippen molar-refractivity contribution < 1.29 is 32.7 Å². The molecule has 10 nitrogen and oxygen atoms in total. The van der Waals surface area contributed by atoms with E-state index in [1.165, 1.54) is 17.6 Å². The zero-order chi connectivity index (χ0) is 29.8. The number of hydrogen-bond donors (Lipinski definition) is 1. The molecular formula is C32H29N3O7S. The van der Waals surface area contributed by atoms with E-state index in [-0.39, 0.29) is 12.2 Å². The highest BCUT2D eigenvalue weighted by molar-refractivity contribution is 7.17. The van der Waals surface area contributed by atoms with E-state index in [9.17, 15) is 14.4 Å². The first kappa shape index (κ1) is 28.4. The van der Waals surface area contributed by atoms with Crippen molar-refractivity contribution in [3.8, 4) is 22.9 Å². The van der Waals surface area contributed by atoms with Crippen LogP contribution >= 0.6 is 11.3 Å². The number of esters is 2. The van der Waals surface area contributed by atoms with Gasteiger partial charge >= 0.3 is 11.9 Å². The van der Waals surface area contributed by atoms with Gasteiger partial charge in [0.2, 0.25) is 0 Å². The van der Waals surface area contributed by atoms with Gasteiger partial charge in [0.05, 0.1) is 41.3 Å². The average Bonchev–Trinajstić information content (AvgIpc) is 3.78. The molecule has 1 aliphatic rings. The lowest BCUT2D eigenvalue weighted by Crippen LogP contribution is -2.22. The van der Waals surface area contributed by atoms with Gasteiger partial charge < -0.3 is 23.6 Å². The molecule has 1 aliphatic carbocycles. The van der Waals surface area contributed by atoms with Gasteiger partial charge in [0.25, 0.3) is 5.91 Å². The number of aryl methyl sites for hydroxylation is 1. The minimum atomic E-state index is -0.697. The highest BCUT2D eigenvalue weighted by Crippen LogP contribution is 2.38. The summed E-state index contributed by atoms with van der Waals surface area (Å²) < 4.78 is 21.8. The van der Waals surface area contributed by atoms with Crippen molar-refractivity contribution in [2.24, 2.45) is 0 Å². The molecule has 4 heterocycles. The molecule has 0 atom stereocenters. The number of amides is 1. The van der Waals surface area contributed by atoms with Crippen LogP contribution in [0.4, 0.5) is 5.00 Å². The first-order valence-electron chi connectivity index (χ1n) is 14.2. The number of thiophene rings is 1. The van der Waals surface area contributed by atoms with E-state index in [1.807, 2.05) is 0 Å². The smallest absolute Gasteiger partial charge is 0.341 e. The molecule has 0 unspecified atom stereocenters. The average molecular weight is 600 g/mol. The van der Waals surface area contributed by atoms with Gasteiger partial charge in [-0.05, 0) is 80.6 Å². The van der Waals surface area contributed by atoms with E-state index < -0.39 is 24.5 Å². The van der Waals surface area contributed by atoms with Gasteiger partial charge in [0, 0.05) is 4.88 Å². The third-order valence-electron chi connectivity index (χ3n) is 7.15. The number of aromatic nitrogens is 2. The quantitative estimate of drug-likeness (QED) is 0.190. The summed E-state index contributed by atoms with van der Waals surface area (Å²) in [6.07, 6.45) is 8.96. The predicted octanol–water partition coefficient (Wildman–Crippen LogP) is 6.84. The zero-order valence-corrected chi connectivity index (χ0v) is 24.3. The number of carbonyl (C=O) groups is 3. The maximum atomic E-state index is 13.0. The van der Waals surface area contributed by atoms with Crippen molar-refractivity contribution in [1.29, 1.82) is 0 Å². The van der Waals surface area contributed by atoms with Crippen LogP contribution in [0.3, 0.4) is 0 Å². The van der Waals surface area contributed by atoms with E-state index >= 15 is 0 Å². The van der Waals surface area contributed by atoms with Gasteiger partial charge in [0.15, 0.2) is 18.1 Å². The SMILES string of the molecule is CCOC(=O)c1c(NC(=O)COC(=O)c2ccc3nc(-c4ccco4)c(-c4ccco4)nc3c2)sc2c1CCCCCC2. The summed E-state index contributed by atoms with van der Waals surface area (Å²) in [5.74, 6) is -0.669. The zero-order valence-electron chi connectivity index (χ0n) is 23.5. The highest BCUT2D eigenvalue weighted by Gasteiger charge is 2.26. The Morgan fingerprint density at radius 1 is 0.860 bits per heavy atom. The van der Waals surface area contributed by atoms with Crippen LogP contribution in [-0.2, 0) is 27.1 Å². The Bertz CT molecular complexity index is 1770. The van der Waals surface area contributed by atoms with E-state index in [1.54, 1.807) is 55.7 Å². The maximum Gasteiger partial charge on any atom is 0.341 e. The van der Waals surface area contributed by atoms with Gasteiger partial charge in [-0.3, -0.25) is 4.79 Å². The molecule has 0 fully saturated rings. The van der Waals surface area contributed by atoms with Gasteiger partial charge in [-0.1, -0.05) is 12.8 Å². The Hall–Kier alpha value is -4.77. The number of nitrogens with zero attached hydrogens (tertiary/aromatic N) is 2. The summed E-state index contributed by atoms with van der Waals surface area (Å²) in [5.41, 5.74) is 3.51.